The second-order valence-corrected chi connectivity index (χ2v) is 3.83. The summed E-state index contributed by atoms with van der Waals surface area (Å²) in [6.45, 7) is 3.06. The van der Waals surface area contributed by atoms with Gasteiger partial charge in [0.25, 0.3) is 0 Å². The zero-order valence-electron chi connectivity index (χ0n) is 8.90. The lowest BCUT2D eigenvalue weighted by atomic mass is 9.91. The summed E-state index contributed by atoms with van der Waals surface area (Å²) in [4.78, 5) is 12.8. The van der Waals surface area contributed by atoms with Gasteiger partial charge in [-0.15, -0.1) is 0 Å². The van der Waals surface area contributed by atoms with Crippen LogP contribution in [0, 0.1) is 5.92 Å². The van der Waals surface area contributed by atoms with Crippen molar-refractivity contribution in [2.45, 2.75) is 25.8 Å². The van der Waals surface area contributed by atoms with Crippen molar-refractivity contribution in [1.82, 2.24) is 4.90 Å². The first-order chi connectivity index (χ1) is 6.66. The Kier molecular flexibility index (Phi) is 4.35. The number of ether oxygens (including phenoxy) is 1. The van der Waals surface area contributed by atoms with Gasteiger partial charge in [0.1, 0.15) is 0 Å². The highest BCUT2D eigenvalue weighted by Crippen LogP contribution is 2.21. The van der Waals surface area contributed by atoms with Crippen LogP contribution in [0.2, 0.25) is 0 Å². The van der Waals surface area contributed by atoms with Gasteiger partial charge < -0.3 is 14.7 Å². The fourth-order valence-corrected chi connectivity index (χ4v) is 1.92. The van der Waals surface area contributed by atoms with Crippen molar-refractivity contribution < 1.29 is 14.6 Å². The number of hydrogen-bond acceptors (Lipinski definition) is 3. The molecule has 4 nitrogen and oxygen atoms in total. The van der Waals surface area contributed by atoms with E-state index in [1.165, 1.54) is 6.92 Å². The average Bonchev–Trinajstić information content (AvgIpc) is 2.20. The molecule has 4 heteroatoms. The monoisotopic (exact) mass is 201 g/mol. The third kappa shape index (κ3) is 2.69. The van der Waals surface area contributed by atoms with Gasteiger partial charge >= 0.3 is 0 Å². The second kappa shape index (κ2) is 5.32. The predicted molar refractivity (Wildman–Crippen MR) is 52.9 cm³/mol. The summed E-state index contributed by atoms with van der Waals surface area (Å²) in [6, 6.07) is -0.0450. The number of amides is 1. The summed E-state index contributed by atoms with van der Waals surface area (Å²) in [6.07, 6.45) is 1.87. The molecule has 0 spiro atoms. The van der Waals surface area contributed by atoms with Crippen LogP contribution in [0.25, 0.3) is 0 Å². The van der Waals surface area contributed by atoms with Crippen molar-refractivity contribution >= 4 is 5.91 Å². The van der Waals surface area contributed by atoms with Crippen LogP contribution in [0.3, 0.4) is 0 Å². The number of carbonyl (C=O) groups is 1. The number of nitrogens with zero attached hydrogens (tertiary/aromatic N) is 1. The van der Waals surface area contributed by atoms with Gasteiger partial charge in [-0.1, -0.05) is 0 Å². The highest BCUT2D eigenvalue weighted by molar-refractivity contribution is 5.73. The third-order valence-corrected chi connectivity index (χ3v) is 2.99. The number of hydrogen-bond donors (Lipinski definition) is 1. The van der Waals surface area contributed by atoms with Gasteiger partial charge in [0.05, 0.1) is 12.6 Å². The molecule has 0 bridgehead atoms. The van der Waals surface area contributed by atoms with Crippen molar-refractivity contribution in [3.8, 4) is 0 Å². The minimum absolute atomic E-state index is 0.00976. The largest absolute Gasteiger partial charge is 0.394 e. The Bertz CT molecular complexity index is 190. The highest BCUT2D eigenvalue weighted by Gasteiger charge is 2.27. The summed E-state index contributed by atoms with van der Waals surface area (Å²) in [5, 5.41) is 9.26. The van der Waals surface area contributed by atoms with E-state index in [-0.39, 0.29) is 18.6 Å². The molecule has 0 saturated carbocycles. The molecule has 0 aliphatic carbocycles. The van der Waals surface area contributed by atoms with Gasteiger partial charge in [-0.3, -0.25) is 4.79 Å². The maximum absolute atomic E-state index is 11.2. The molecule has 0 aromatic heterocycles. The van der Waals surface area contributed by atoms with Gasteiger partial charge in [-0.05, 0) is 18.8 Å². The number of rotatable bonds is 3. The van der Waals surface area contributed by atoms with Crippen molar-refractivity contribution in [2.24, 2.45) is 5.92 Å². The molecule has 0 aromatic carbocycles. The quantitative estimate of drug-likeness (QED) is 0.712. The van der Waals surface area contributed by atoms with Crippen LogP contribution in [-0.2, 0) is 9.53 Å². The van der Waals surface area contributed by atoms with Crippen molar-refractivity contribution in [1.29, 1.82) is 0 Å². The SMILES string of the molecule is CC(=O)N(C)C(CO)C1CCOCC1. The van der Waals surface area contributed by atoms with Gasteiger partial charge in [0, 0.05) is 27.2 Å². The van der Waals surface area contributed by atoms with E-state index in [9.17, 15) is 9.90 Å². The van der Waals surface area contributed by atoms with Crippen molar-refractivity contribution in [3.05, 3.63) is 0 Å². The molecule has 0 radical (unpaired) electrons. The first-order valence-electron chi connectivity index (χ1n) is 5.08. The summed E-state index contributed by atoms with van der Waals surface area (Å²) >= 11 is 0. The first kappa shape index (κ1) is 11.5. The molecule has 82 valence electrons. The van der Waals surface area contributed by atoms with E-state index in [1.54, 1.807) is 11.9 Å². The molecule has 1 rings (SSSR count). The summed E-state index contributed by atoms with van der Waals surface area (Å²) < 4.78 is 5.25. The maximum Gasteiger partial charge on any atom is 0.219 e. The number of carbonyl (C=O) groups excluding carboxylic acids is 1. The topological polar surface area (TPSA) is 49.8 Å². The minimum Gasteiger partial charge on any atom is -0.394 e. The van der Waals surface area contributed by atoms with E-state index >= 15 is 0 Å². The van der Waals surface area contributed by atoms with E-state index in [0.29, 0.717) is 5.92 Å². The van der Waals surface area contributed by atoms with Crippen LogP contribution >= 0.6 is 0 Å². The zero-order valence-corrected chi connectivity index (χ0v) is 8.90. The van der Waals surface area contributed by atoms with Gasteiger partial charge in [0.2, 0.25) is 5.91 Å². The minimum atomic E-state index is -0.0450. The van der Waals surface area contributed by atoms with Gasteiger partial charge in [-0.2, -0.15) is 0 Å². The lowest BCUT2D eigenvalue weighted by Crippen LogP contribution is -2.45. The fraction of sp³-hybridized carbons (Fsp3) is 0.900. The number of aliphatic hydroxyl groups is 1. The lowest BCUT2D eigenvalue weighted by Gasteiger charge is -2.34. The molecule has 1 atom stereocenters. The maximum atomic E-state index is 11.2. The van der Waals surface area contributed by atoms with Crippen LogP contribution in [-0.4, -0.2) is 48.8 Å². The van der Waals surface area contributed by atoms with Crippen LogP contribution < -0.4 is 0 Å². The summed E-state index contributed by atoms with van der Waals surface area (Å²) in [7, 11) is 1.75. The van der Waals surface area contributed by atoms with E-state index in [4.69, 9.17) is 4.74 Å². The Morgan fingerprint density at radius 2 is 2.14 bits per heavy atom. The average molecular weight is 201 g/mol. The smallest absolute Gasteiger partial charge is 0.219 e. The van der Waals surface area contributed by atoms with E-state index in [0.717, 1.165) is 26.1 Å². The zero-order chi connectivity index (χ0) is 10.6. The predicted octanol–water partition coefficient (Wildman–Crippen LogP) is 0.252. The van der Waals surface area contributed by atoms with Crippen LogP contribution in [0.1, 0.15) is 19.8 Å². The first-order valence-corrected chi connectivity index (χ1v) is 5.08. The molecular weight excluding hydrogens is 182 g/mol. The Balaban J connectivity index is 2.55. The van der Waals surface area contributed by atoms with Gasteiger partial charge in [0.15, 0.2) is 0 Å². The molecule has 14 heavy (non-hydrogen) atoms. The molecular formula is C10H19NO3. The van der Waals surface area contributed by atoms with Crippen LogP contribution in [0.4, 0.5) is 0 Å². The molecule has 1 unspecified atom stereocenters. The third-order valence-electron chi connectivity index (χ3n) is 2.99. The highest BCUT2D eigenvalue weighted by atomic mass is 16.5. The van der Waals surface area contributed by atoms with Crippen LogP contribution in [0.15, 0.2) is 0 Å². The molecule has 0 aromatic rings. The standard InChI is InChI=1S/C10H19NO3/c1-8(13)11(2)10(7-12)9-3-5-14-6-4-9/h9-10,12H,3-7H2,1-2H3. The fourth-order valence-electron chi connectivity index (χ4n) is 1.92. The van der Waals surface area contributed by atoms with Crippen molar-refractivity contribution in [3.63, 3.8) is 0 Å². The van der Waals surface area contributed by atoms with E-state index in [2.05, 4.69) is 0 Å². The van der Waals surface area contributed by atoms with Crippen LogP contribution in [0.5, 0.6) is 0 Å². The molecule has 1 heterocycles. The molecule has 1 saturated heterocycles. The van der Waals surface area contributed by atoms with Crippen molar-refractivity contribution in [2.75, 3.05) is 26.9 Å². The molecule has 1 amide bonds. The summed E-state index contributed by atoms with van der Waals surface area (Å²) in [5.41, 5.74) is 0. The van der Waals surface area contributed by atoms with E-state index < -0.39 is 0 Å². The van der Waals surface area contributed by atoms with Gasteiger partial charge in [-0.25, -0.2) is 0 Å². The van der Waals surface area contributed by atoms with E-state index in [1.807, 2.05) is 0 Å². The Hall–Kier alpha value is -0.610. The Morgan fingerprint density at radius 1 is 1.57 bits per heavy atom. The molecule has 1 aliphatic rings. The Labute approximate surface area is 84.8 Å². The molecule has 1 N–H and O–H groups in total. The second-order valence-electron chi connectivity index (χ2n) is 3.83. The number of aliphatic hydroxyl groups excluding tert-OH is 1. The summed E-state index contributed by atoms with van der Waals surface area (Å²) in [5.74, 6) is 0.387. The Morgan fingerprint density at radius 3 is 2.57 bits per heavy atom. The molecule has 1 aliphatic heterocycles. The molecule has 1 fully saturated rings. The lowest BCUT2D eigenvalue weighted by molar-refractivity contribution is -0.132. The normalized spacial score (nSPS) is 20.5. The number of likely N-dealkylation sites (N-methyl/N-ethyl adjacent to an activating group) is 1.